The van der Waals surface area contributed by atoms with Crippen molar-refractivity contribution in [3.05, 3.63) is 53.6 Å². The third-order valence-corrected chi connectivity index (χ3v) is 8.65. The molecule has 164 valence electrons. The van der Waals surface area contributed by atoms with Crippen LogP contribution >= 0.6 is 0 Å². The first-order valence-electron chi connectivity index (χ1n) is 11.1. The lowest BCUT2D eigenvalue weighted by Gasteiger charge is -2.24. The number of para-hydroxylation sites is 1. The molecule has 6 nitrogen and oxygen atoms in total. The number of sulfonamides is 1. The Morgan fingerprint density at radius 1 is 1.00 bits per heavy atom. The summed E-state index contributed by atoms with van der Waals surface area (Å²) < 4.78 is 28.5. The summed E-state index contributed by atoms with van der Waals surface area (Å²) in [4.78, 5) is 17.1. The number of hydrogen-bond acceptors (Lipinski definition) is 4. The van der Waals surface area contributed by atoms with E-state index < -0.39 is 10.0 Å². The zero-order valence-corrected chi connectivity index (χ0v) is 19.0. The van der Waals surface area contributed by atoms with Crippen molar-refractivity contribution in [1.29, 1.82) is 0 Å². The number of carbonyl (C=O) groups excluding carboxylic acids is 1. The predicted molar refractivity (Wildman–Crippen MR) is 122 cm³/mol. The molecule has 0 aromatic heterocycles. The molecule has 3 aliphatic rings. The van der Waals surface area contributed by atoms with Crippen molar-refractivity contribution in [3.63, 3.8) is 0 Å². The van der Waals surface area contributed by atoms with Crippen LogP contribution in [0, 0.1) is 0 Å². The number of nitrogens with zero attached hydrogens (tertiary/aromatic N) is 3. The largest absolute Gasteiger partial charge is 0.361 e. The topological polar surface area (TPSA) is 60.9 Å². The summed E-state index contributed by atoms with van der Waals surface area (Å²) in [5.41, 5.74) is 3.59. The molecule has 1 saturated heterocycles. The molecule has 3 heterocycles. The Hall–Kier alpha value is -2.54. The van der Waals surface area contributed by atoms with Gasteiger partial charge < -0.3 is 9.80 Å². The van der Waals surface area contributed by atoms with Crippen LogP contribution in [0.5, 0.6) is 0 Å². The minimum Gasteiger partial charge on any atom is -0.361 e. The van der Waals surface area contributed by atoms with Crippen LogP contribution in [0.25, 0.3) is 0 Å². The lowest BCUT2D eigenvalue weighted by molar-refractivity contribution is -0.128. The normalized spacial score (nSPS) is 19.6. The molecule has 2 aromatic carbocycles. The van der Waals surface area contributed by atoms with Gasteiger partial charge in [0.15, 0.2) is 0 Å². The van der Waals surface area contributed by atoms with E-state index in [4.69, 9.17) is 0 Å². The molecule has 1 amide bonds. The highest BCUT2D eigenvalue weighted by Gasteiger charge is 2.39. The molecule has 1 fully saturated rings. The molecular formula is C24H29N3O3S. The van der Waals surface area contributed by atoms with Crippen LogP contribution in [-0.2, 0) is 26.7 Å². The van der Waals surface area contributed by atoms with Gasteiger partial charge in [0.1, 0.15) is 0 Å². The van der Waals surface area contributed by atoms with E-state index >= 15 is 0 Å². The lowest BCUT2D eigenvalue weighted by Crippen LogP contribution is -2.40. The van der Waals surface area contributed by atoms with E-state index in [0.29, 0.717) is 24.5 Å². The van der Waals surface area contributed by atoms with Crippen LogP contribution in [0.1, 0.15) is 37.8 Å². The second kappa shape index (κ2) is 7.26. The number of anilines is 2. The van der Waals surface area contributed by atoms with Crippen molar-refractivity contribution < 1.29 is 13.2 Å². The number of carbonyl (C=O) groups is 1. The van der Waals surface area contributed by atoms with Crippen LogP contribution in [0.4, 0.5) is 11.4 Å². The highest BCUT2D eigenvalue weighted by Crippen LogP contribution is 2.42. The van der Waals surface area contributed by atoms with Gasteiger partial charge in [0.25, 0.3) is 10.0 Å². The van der Waals surface area contributed by atoms with Crippen LogP contribution in [0.2, 0.25) is 0 Å². The Balaban J connectivity index is 1.45. The van der Waals surface area contributed by atoms with Crippen LogP contribution in [0.15, 0.2) is 47.4 Å². The first-order chi connectivity index (χ1) is 14.8. The highest BCUT2D eigenvalue weighted by atomic mass is 32.2. The molecule has 0 atom stereocenters. The van der Waals surface area contributed by atoms with E-state index in [9.17, 15) is 13.2 Å². The SMILES string of the molecule is CC1(C)CN(CC(=O)N2CCCC2)c2ccc(S(=O)(=O)N3CCc4ccccc43)cc21. The van der Waals surface area contributed by atoms with Gasteiger partial charge in [0.05, 0.1) is 17.1 Å². The number of benzene rings is 2. The van der Waals surface area contributed by atoms with E-state index in [1.54, 1.807) is 6.07 Å². The number of hydrogen-bond donors (Lipinski definition) is 0. The summed E-state index contributed by atoms with van der Waals surface area (Å²) in [6.45, 7) is 7.45. The van der Waals surface area contributed by atoms with Crippen molar-refractivity contribution in [2.24, 2.45) is 0 Å². The molecule has 5 rings (SSSR count). The molecule has 0 unspecified atom stereocenters. The standard InChI is InChI=1S/C24H29N3O3S/c1-24(2)17-26(16-23(28)25-12-5-6-13-25)22-10-9-19(15-20(22)24)31(29,30)27-14-11-18-7-3-4-8-21(18)27/h3-4,7-10,15H,5-6,11-14,16-17H2,1-2H3. The molecule has 0 saturated carbocycles. The summed E-state index contributed by atoms with van der Waals surface area (Å²) in [6, 6.07) is 13.1. The molecule has 0 N–H and O–H groups in total. The van der Waals surface area contributed by atoms with E-state index in [1.807, 2.05) is 41.3 Å². The molecule has 3 aliphatic heterocycles. The summed E-state index contributed by atoms with van der Waals surface area (Å²) in [5.74, 6) is 0.159. The van der Waals surface area contributed by atoms with Gasteiger partial charge in [-0.15, -0.1) is 0 Å². The Bertz CT molecular complexity index is 1140. The maximum atomic E-state index is 13.5. The van der Waals surface area contributed by atoms with Gasteiger partial charge in [-0.25, -0.2) is 8.42 Å². The van der Waals surface area contributed by atoms with Gasteiger partial charge in [0.2, 0.25) is 5.91 Å². The predicted octanol–water partition coefficient (Wildman–Crippen LogP) is 3.16. The molecule has 0 bridgehead atoms. The average molecular weight is 440 g/mol. The maximum absolute atomic E-state index is 13.5. The van der Waals surface area contributed by atoms with Gasteiger partial charge in [-0.05, 0) is 54.7 Å². The first-order valence-corrected chi connectivity index (χ1v) is 12.5. The Morgan fingerprint density at radius 2 is 1.74 bits per heavy atom. The molecular weight excluding hydrogens is 410 g/mol. The van der Waals surface area contributed by atoms with E-state index in [2.05, 4.69) is 18.7 Å². The quantitative estimate of drug-likeness (QED) is 0.734. The van der Waals surface area contributed by atoms with Crippen molar-refractivity contribution in [3.8, 4) is 0 Å². The molecule has 2 aromatic rings. The van der Waals surface area contributed by atoms with Gasteiger partial charge in [-0.3, -0.25) is 9.10 Å². The molecule has 0 spiro atoms. The first kappa shape index (κ1) is 20.4. The average Bonchev–Trinajstić information content (AvgIpc) is 3.46. The third-order valence-electron chi connectivity index (χ3n) is 6.84. The second-order valence-electron chi connectivity index (χ2n) is 9.46. The Morgan fingerprint density at radius 3 is 2.52 bits per heavy atom. The number of amides is 1. The second-order valence-corrected chi connectivity index (χ2v) is 11.3. The number of likely N-dealkylation sites (tertiary alicyclic amines) is 1. The van der Waals surface area contributed by atoms with Crippen molar-refractivity contribution in [2.45, 2.75) is 43.4 Å². The zero-order valence-electron chi connectivity index (χ0n) is 18.2. The monoisotopic (exact) mass is 439 g/mol. The van der Waals surface area contributed by atoms with Gasteiger partial charge >= 0.3 is 0 Å². The van der Waals surface area contributed by atoms with E-state index in [1.165, 1.54) is 4.31 Å². The maximum Gasteiger partial charge on any atom is 0.264 e. The van der Waals surface area contributed by atoms with Crippen molar-refractivity contribution >= 4 is 27.3 Å². The van der Waals surface area contributed by atoms with Crippen molar-refractivity contribution in [1.82, 2.24) is 4.90 Å². The lowest BCUT2D eigenvalue weighted by atomic mass is 9.87. The van der Waals surface area contributed by atoms with Crippen LogP contribution in [-0.4, -0.2) is 51.9 Å². The van der Waals surface area contributed by atoms with E-state index in [-0.39, 0.29) is 11.3 Å². The summed E-state index contributed by atoms with van der Waals surface area (Å²) in [6.07, 6.45) is 2.89. The fourth-order valence-electron chi connectivity index (χ4n) is 5.20. The summed E-state index contributed by atoms with van der Waals surface area (Å²) in [7, 11) is -3.64. The zero-order chi connectivity index (χ0) is 21.8. The molecule has 31 heavy (non-hydrogen) atoms. The minimum atomic E-state index is -3.64. The fourth-order valence-corrected chi connectivity index (χ4v) is 6.73. The third kappa shape index (κ3) is 3.39. The number of rotatable bonds is 4. The summed E-state index contributed by atoms with van der Waals surface area (Å²) >= 11 is 0. The molecule has 0 aliphatic carbocycles. The highest BCUT2D eigenvalue weighted by molar-refractivity contribution is 7.92. The molecule has 0 radical (unpaired) electrons. The minimum absolute atomic E-state index is 0.159. The summed E-state index contributed by atoms with van der Waals surface area (Å²) in [5, 5.41) is 0. The van der Waals surface area contributed by atoms with Crippen LogP contribution < -0.4 is 9.21 Å². The molecule has 7 heteroatoms. The van der Waals surface area contributed by atoms with Gasteiger partial charge in [0, 0.05) is 37.3 Å². The van der Waals surface area contributed by atoms with Gasteiger partial charge in [-0.1, -0.05) is 32.0 Å². The van der Waals surface area contributed by atoms with Gasteiger partial charge in [-0.2, -0.15) is 0 Å². The Labute approximate surface area is 184 Å². The smallest absolute Gasteiger partial charge is 0.264 e. The number of fused-ring (bicyclic) bond motifs is 2. The van der Waals surface area contributed by atoms with Crippen molar-refractivity contribution in [2.75, 3.05) is 41.9 Å². The fraction of sp³-hybridized carbons (Fsp3) is 0.458. The van der Waals surface area contributed by atoms with Crippen LogP contribution in [0.3, 0.4) is 0 Å². The van der Waals surface area contributed by atoms with E-state index in [0.717, 1.165) is 54.9 Å². The Kier molecular flexibility index (Phi) is 4.77.